The van der Waals surface area contributed by atoms with Crippen molar-refractivity contribution in [2.75, 3.05) is 31.6 Å². The Morgan fingerprint density at radius 2 is 1.87 bits per heavy atom. The van der Waals surface area contributed by atoms with E-state index in [0.29, 0.717) is 11.6 Å². The van der Waals surface area contributed by atoms with E-state index in [2.05, 4.69) is 27.3 Å². The van der Waals surface area contributed by atoms with E-state index in [-0.39, 0.29) is 12.3 Å². The zero-order valence-electron chi connectivity index (χ0n) is 17.1. The molecule has 4 rings (SSSR count). The molecule has 2 heterocycles. The number of anilines is 1. The van der Waals surface area contributed by atoms with Gasteiger partial charge in [-0.2, -0.15) is 0 Å². The lowest BCUT2D eigenvalue weighted by atomic mass is 10.2. The summed E-state index contributed by atoms with van der Waals surface area (Å²) >= 11 is 7.36. The van der Waals surface area contributed by atoms with E-state index in [1.54, 1.807) is 12.1 Å². The van der Waals surface area contributed by atoms with Crippen LogP contribution in [0.25, 0.3) is 0 Å². The fraction of sp³-hybridized carbons (Fsp3) is 0.304. The molecule has 1 saturated heterocycles. The van der Waals surface area contributed by atoms with Gasteiger partial charge in [-0.25, -0.2) is 4.98 Å². The summed E-state index contributed by atoms with van der Waals surface area (Å²) in [5.74, 6) is 0.646. The molecule has 0 bridgehead atoms. The molecular formula is C23H24ClN3O3S. The maximum atomic E-state index is 12.4. The van der Waals surface area contributed by atoms with E-state index in [1.165, 1.54) is 16.9 Å². The molecule has 0 spiro atoms. The van der Waals surface area contributed by atoms with Crippen molar-refractivity contribution in [3.8, 4) is 5.75 Å². The molecule has 2 aromatic carbocycles. The number of ether oxygens (including phenoxy) is 2. The van der Waals surface area contributed by atoms with Gasteiger partial charge < -0.3 is 14.8 Å². The number of nitrogens with one attached hydrogen (secondary N) is 1. The number of rotatable bonds is 8. The van der Waals surface area contributed by atoms with E-state index >= 15 is 0 Å². The molecule has 8 heteroatoms. The highest BCUT2D eigenvalue weighted by atomic mass is 35.5. The van der Waals surface area contributed by atoms with Crippen molar-refractivity contribution in [2.45, 2.75) is 19.6 Å². The van der Waals surface area contributed by atoms with Gasteiger partial charge in [-0.3, -0.25) is 9.69 Å². The predicted molar refractivity (Wildman–Crippen MR) is 123 cm³/mol. The van der Waals surface area contributed by atoms with Crippen LogP contribution in [0.15, 0.2) is 53.9 Å². The quantitative estimate of drug-likeness (QED) is 0.543. The minimum atomic E-state index is -0.0867. The molecule has 1 fully saturated rings. The summed E-state index contributed by atoms with van der Waals surface area (Å²) in [6, 6.07) is 15.2. The molecule has 1 N–H and O–H groups in total. The van der Waals surface area contributed by atoms with Crippen LogP contribution in [0.5, 0.6) is 5.75 Å². The lowest BCUT2D eigenvalue weighted by Gasteiger charge is -2.26. The molecule has 1 aromatic heterocycles. The first-order valence-electron chi connectivity index (χ1n) is 10.1. The van der Waals surface area contributed by atoms with Crippen LogP contribution in [0.1, 0.15) is 16.3 Å². The van der Waals surface area contributed by atoms with Gasteiger partial charge in [0, 0.05) is 35.7 Å². The van der Waals surface area contributed by atoms with Crippen LogP contribution in [-0.4, -0.2) is 42.1 Å². The number of nitrogens with zero attached hydrogens (tertiary/aromatic N) is 2. The number of amides is 1. The smallest absolute Gasteiger partial charge is 0.230 e. The van der Waals surface area contributed by atoms with E-state index in [4.69, 9.17) is 21.1 Å². The molecule has 162 valence electrons. The second-order valence-corrected chi connectivity index (χ2v) is 8.66. The van der Waals surface area contributed by atoms with Gasteiger partial charge in [-0.05, 0) is 42.0 Å². The number of hydrogen-bond donors (Lipinski definition) is 1. The number of hydrogen-bond acceptors (Lipinski definition) is 6. The van der Waals surface area contributed by atoms with E-state index in [1.807, 2.05) is 29.6 Å². The molecule has 6 nitrogen and oxygen atoms in total. The monoisotopic (exact) mass is 457 g/mol. The highest BCUT2D eigenvalue weighted by Crippen LogP contribution is 2.19. The molecule has 0 unspecified atom stereocenters. The van der Waals surface area contributed by atoms with Crippen LogP contribution in [0.4, 0.5) is 5.69 Å². The van der Waals surface area contributed by atoms with Crippen LogP contribution < -0.4 is 10.1 Å². The average Bonchev–Trinajstić information content (AvgIpc) is 3.22. The summed E-state index contributed by atoms with van der Waals surface area (Å²) in [7, 11) is 0. The van der Waals surface area contributed by atoms with E-state index < -0.39 is 0 Å². The average molecular weight is 458 g/mol. The van der Waals surface area contributed by atoms with Crippen molar-refractivity contribution in [2.24, 2.45) is 0 Å². The lowest BCUT2D eigenvalue weighted by Crippen LogP contribution is -2.35. The topological polar surface area (TPSA) is 63.7 Å². The van der Waals surface area contributed by atoms with Crippen LogP contribution in [0.2, 0.25) is 5.02 Å². The number of thiazole rings is 1. The fourth-order valence-corrected chi connectivity index (χ4v) is 4.08. The van der Waals surface area contributed by atoms with Gasteiger partial charge >= 0.3 is 0 Å². The van der Waals surface area contributed by atoms with Gasteiger partial charge in [0.05, 0.1) is 25.3 Å². The summed E-state index contributed by atoms with van der Waals surface area (Å²) in [6.45, 7) is 4.76. The molecular weight excluding hydrogens is 434 g/mol. The Kier molecular flexibility index (Phi) is 7.53. The molecule has 1 aliphatic rings. The van der Waals surface area contributed by atoms with Crippen LogP contribution >= 0.6 is 22.9 Å². The fourth-order valence-electron chi connectivity index (χ4n) is 3.25. The lowest BCUT2D eigenvalue weighted by molar-refractivity contribution is -0.115. The van der Waals surface area contributed by atoms with Crippen LogP contribution in [0, 0.1) is 0 Å². The van der Waals surface area contributed by atoms with Crippen LogP contribution in [-0.2, 0) is 29.1 Å². The Labute approximate surface area is 190 Å². The number of carbonyl (C=O) groups is 1. The zero-order valence-corrected chi connectivity index (χ0v) is 18.6. The van der Waals surface area contributed by atoms with Gasteiger partial charge in [0.1, 0.15) is 17.4 Å². The summed E-state index contributed by atoms with van der Waals surface area (Å²) in [6.07, 6.45) is 0.229. The molecule has 1 aliphatic heterocycles. The van der Waals surface area contributed by atoms with Crippen molar-refractivity contribution in [3.63, 3.8) is 0 Å². The van der Waals surface area contributed by atoms with Crippen molar-refractivity contribution < 1.29 is 14.3 Å². The summed E-state index contributed by atoms with van der Waals surface area (Å²) in [5, 5.41) is 6.33. The number of halogens is 1. The molecule has 0 saturated carbocycles. The predicted octanol–water partition coefficient (Wildman–Crippen LogP) is 4.39. The third-order valence-corrected chi connectivity index (χ3v) is 5.99. The van der Waals surface area contributed by atoms with Gasteiger partial charge in [0.15, 0.2) is 0 Å². The minimum Gasteiger partial charge on any atom is -0.486 e. The molecule has 31 heavy (non-hydrogen) atoms. The summed E-state index contributed by atoms with van der Waals surface area (Å²) in [5.41, 5.74) is 2.75. The Balaban J connectivity index is 1.23. The van der Waals surface area contributed by atoms with Gasteiger partial charge in [-0.1, -0.05) is 23.7 Å². The Bertz CT molecular complexity index is 986. The second-order valence-electron chi connectivity index (χ2n) is 7.29. The Hall–Kier alpha value is -2.45. The van der Waals surface area contributed by atoms with Gasteiger partial charge in [0.2, 0.25) is 5.91 Å². The normalized spacial score (nSPS) is 14.4. The SMILES string of the molecule is O=C(Cc1csc(COc2ccc(Cl)cc2)n1)Nc1ccc(CN2CCOCC2)cc1. The first kappa shape index (κ1) is 21.8. The Morgan fingerprint density at radius 1 is 1.13 bits per heavy atom. The standard InChI is InChI=1S/C23H24ClN3O3S/c24-18-3-7-21(8-4-18)30-15-23-26-20(16-31-23)13-22(28)25-19-5-1-17(2-6-19)14-27-9-11-29-12-10-27/h1-8,16H,9-15H2,(H,25,28). The summed E-state index contributed by atoms with van der Waals surface area (Å²) in [4.78, 5) is 19.3. The zero-order chi connectivity index (χ0) is 21.5. The number of morpholine rings is 1. The molecule has 0 atom stereocenters. The third kappa shape index (κ3) is 6.77. The molecule has 1 amide bonds. The molecule has 0 aliphatic carbocycles. The number of carbonyl (C=O) groups excluding carboxylic acids is 1. The van der Waals surface area contributed by atoms with Gasteiger partial charge in [-0.15, -0.1) is 11.3 Å². The van der Waals surface area contributed by atoms with Crippen molar-refractivity contribution >= 4 is 34.5 Å². The maximum absolute atomic E-state index is 12.4. The van der Waals surface area contributed by atoms with Crippen molar-refractivity contribution in [1.29, 1.82) is 0 Å². The van der Waals surface area contributed by atoms with Gasteiger partial charge in [0.25, 0.3) is 0 Å². The number of aromatic nitrogens is 1. The highest BCUT2D eigenvalue weighted by Gasteiger charge is 2.12. The second kappa shape index (κ2) is 10.7. The minimum absolute atomic E-state index is 0.0867. The first-order valence-corrected chi connectivity index (χ1v) is 11.4. The van der Waals surface area contributed by atoms with Crippen molar-refractivity contribution in [3.05, 3.63) is 75.2 Å². The Morgan fingerprint density at radius 3 is 2.61 bits per heavy atom. The highest BCUT2D eigenvalue weighted by molar-refractivity contribution is 7.09. The van der Waals surface area contributed by atoms with Crippen LogP contribution in [0.3, 0.4) is 0 Å². The summed E-state index contributed by atoms with van der Waals surface area (Å²) < 4.78 is 11.1. The first-order chi connectivity index (χ1) is 15.1. The number of benzene rings is 2. The van der Waals surface area contributed by atoms with E-state index in [0.717, 1.165) is 55.0 Å². The molecule has 3 aromatic rings. The van der Waals surface area contributed by atoms with E-state index in [9.17, 15) is 4.79 Å². The largest absolute Gasteiger partial charge is 0.486 e. The van der Waals surface area contributed by atoms with Crippen molar-refractivity contribution in [1.82, 2.24) is 9.88 Å². The third-order valence-electron chi connectivity index (χ3n) is 4.86. The molecule has 0 radical (unpaired) electrons. The maximum Gasteiger partial charge on any atom is 0.230 e.